The van der Waals surface area contributed by atoms with Crippen molar-refractivity contribution in [1.29, 1.82) is 0 Å². The first-order chi connectivity index (χ1) is 12.0. The summed E-state index contributed by atoms with van der Waals surface area (Å²) in [7, 11) is -3.80. The zero-order valence-corrected chi connectivity index (χ0v) is 16.3. The highest BCUT2D eigenvalue weighted by molar-refractivity contribution is 7.92. The minimum atomic E-state index is -3.80. The Morgan fingerprint density at radius 2 is 1.69 bits per heavy atom. The molecule has 7 heteroatoms. The molecule has 0 saturated carbocycles. The van der Waals surface area contributed by atoms with Gasteiger partial charge in [-0.15, -0.1) is 0 Å². The Labute approximate surface area is 154 Å². The third-order valence-corrected chi connectivity index (χ3v) is 5.15. The van der Waals surface area contributed by atoms with Gasteiger partial charge in [0.15, 0.2) is 0 Å². The molecular weight excluding hydrogens is 350 g/mol. The van der Waals surface area contributed by atoms with Gasteiger partial charge in [0.25, 0.3) is 15.9 Å². The Morgan fingerprint density at radius 3 is 2.27 bits per heavy atom. The van der Waals surface area contributed by atoms with Crippen LogP contribution in [0.3, 0.4) is 0 Å². The van der Waals surface area contributed by atoms with E-state index in [9.17, 15) is 13.2 Å². The maximum atomic E-state index is 12.6. The van der Waals surface area contributed by atoms with Gasteiger partial charge in [0.1, 0.15) is 0 Å². The van der Waals surface area contributed by atoms with Crippen molar-refractivity contribution in [2.45, 2.75) is 38.1 Å². The van der Waals surface area contributed by atoms with Crippen molar-refractivity contribution in [1.82, 2.24) is 5.32 Å². The molecule has 26 heavy (non-hydrogen) atoms. The fourth-order valence-corrected chi connectivity index (χ4v) is 3.34. The second-order valence-corrected chi connectivity index (χ2v) is 8.80. The number of amides is 1. The molecule has 0 radical (unpaired) electrons. The molecular formula is C19H25N3O3S. The molecule has 0 bridgehead atoms. The van der Waals surface area contributed by atoms with E-state index in [0.29, 0.717) is 16.8 Å². The molecule has 1 amide bonds. The van der Waals surface area contributed by atoms with Crippen LogP contribution in [0.5, 0.6) is 0 Å². The van der Waals surface area contributed by atoms with Crippen molar-refractivity contribution >= 4 is 21.6 Å². The molecule has 0 aliphatic carbocycles. The molecule has 2 aromatic carbocycles. The van der Waals surface area contributed by atoms with Gasteiger partial charge in [-0.25, -0.2) is 8.42 Å². The molecule has 140 valence electrons. The molecule has 2 aromatic rings. The normalized spacial score (nSPS) is 11.9. The minimum Gasteiger partial charge on any atom is -0.350 e. The van der Waals surface area contributed by atoms with E-state index >= 15 is 0 Å². The number of sulfonamides is 1. The standard InChI is InChI=1S/C19H25N3O3S/c1-13-5-8-15(9-6-13)22-26(24,25)16-10-7-14(2)17(11-16)18(23)21-12-19(3,4)20/h5-11,22H,12,20H2,1-4H3,(H,21,23). The molecule has 0 spiro atoms. The van der Waals surface area contributed by atoms with E-state index in [1.54, 1.807) is 39.0 Å². The van der Waals surface area contributed by atoms with Crippen LogP contribution in [-0.2, 0) is 10.0 Å². The second-order valence-electron chi connectivity index (χ2n) is 7.12. The highest BCUT2D eigenvalue weighted by Crippen LogP contribution is 2.20. The van der Waals surface area contributed by atoms with Crippen LogP contribution in [-0.4, -0.2) is 26.4 Å². The summed E-state index contributed by atoms with van der Waals surface area (Å²) in [4.78, 5) is 12.4. The molecule has 0 aliphatic rings. The van der Waals surface area contributed by atoms with Gasteiger partial charge in [0, 0.05) is 23.3 Å². The van der Waals surface area contributed by atoms with E-state index in [4.69, 9.17) is 5.73 Å². The Kier molecular flexibility index (Phi) is 5.73. The number of carbonyl (C=O) groups is 1. The summed E-state index contributed by atoms with van der Waals surface area (Å²) in [5, 5.41) is 2.74. The lowest BCUT2D eigenvalue weighted by molar-refractivity contribution is 0.0945. The van der Waals surface area contributed by atoms with Crippen molar-refractivity contribution < 1.29 is 13.2 Å². The summed E-state index contributed by atoms with van der Waals surface area (Å²) in [5.41, 5.74) is 7.81. The fraction of sp³-hybridized carbons (Fsp3) is 0.316. The first-order valence-electron chi connectivity index (χ1n) is 8.25. The lowest BCUT2D eigenvalue weighted by Gasteiger charge is -2.19. The van der Waals surface area contributed by atoms with Gasteiger partial charge in [0.2, 0.25) is 0 Å². The lowest BCUT2D eigenvalue weighted by Crippen LogP contribution is -2.45. The number of hydrogen-bond donors (Lipinski definition) is 3. The highest BCUT2D eigenvalue weighted by Gasteiger charge is 2.19. The SMILES string of the molecule is Cc1ccc(NS(=O)(=O)c2ccc(C)c(C(=O)NCC(C)(C)N)c2)cc1. The Balaban J connectivity index is 2.27. The van der Waals surface area contributed by atoms with Gasteiger partial charge >= 0.3 is 0 Å². The molecule has 0 saturated heterocycles. The number of rotatable bonds is 6. The predicted molar refractivity (Wildman–Crippen MR) is 104 cm³/mol. The number of anilines is 1. The van der Waals surface area contributed by atoms with E-state index < -0.39 is 15.6 Å². The Bertz CT molecular complexity index is 899. The summed E-state index contributed by atoms with van der Waals surface area (Å²) in [5.74, 6) is -0.353. The largest absolute Gasteiger partial charge is 0.350 e. The van der Waals surface area contributed by atoms with Gasteiger partial charge in [-0.1, -0.05) is 23.8 Å². The van der Waals surface area contributed by atoms with Crippen LogP contribution in [0.4, 0.5) is 5.69 Å². The molecule has 0 aliphatic heterocycles. The number of nitrogens with one attached hydrogen (secondary N) is 2. The van der Waals surface area contributed by atoms with Crippen molar-refractivity contribution in [3.05, 3.63) is 59.2 Å². The number of benzene rings is 2. The molecule has 0 fully saturated rings. The number of hydrogen-bond acceptors (Lipinski definition) is 4. The van der Waals surface area contributed by atoms with Crippen molar-refractivity contribution in [3.63, 3.8) is 0 Å². The molecule has 2 rings (SSSR count). The van der Waals surface area contributed by atoms with Gasteiger partial charge in [-0.2, -0.15) is 0 Å². The fourth-order valence-electron chi connectivity index (χ4n) is 2.25. The molecule has 0 atom stereocenters. The number of carbonyl (C=O) groups excluding carboxylic acids is 1. The molecule has 0 heterocycles. The maximum Gasteiger partial charge on any atom is 0.261 e. The summed E-state index contributed by atoms with van der Waals surface area (Å²) < 4.78 is 27.8. The van der Waals surface area contributed by atoms with Crippen molar-refractivity contribution in [3.8, 4) is 0 Å². The van der Waals surface area contributed by atoms with Crippen molar-refractivity contribution in [2.75, 3.05) is 11.3 Å². The monoisotopic (exact) mass is 375 g/mol. The smallest absolute Gasteiger partial charge is 0.261 e. The van der Waals surface area contributed by atoms with E-state index in [1.807, 2.05) is 19.1 Å². The first-order valence-corrected chi connectivity index (χ1v) is 9.73. The van der Waals surface area contributed by atoms with Gasteiger partial charge in [-0.05, 0) is 57.5 Å². The summed E-state index contributed by atoms with van der Waals surface area (Å²) in [6, 6.07) is 11.5. The third kappa shape index (κ3) is 5.31. The zero-order valence-electron chi connectivity index (χ0n) is 15.5. The van der Waals surface area contributed by atoms with Crippen LogP contribution in [0.15, 0.2) is 47.4 Å². The number of aryl methyl sites for hydroxylation is 2. The predicted octanol–water partition coefficient (Wildman–Crippen LogP) is 2.57. The average molecular weight is 375 g/mol. The highest BCUT2D eigenvalue weighted by atomic mass is 32.2. The maximum absolute atomic E-state index is 12.6. The Morgan fingerprint density at radius 1 is 1.08 bits per heavy atom. The van der Waals surface area contributed by atoms with E-state index in [2.05, 4.69) is 10.0 Å². The third-order valence-electron chi connectivity index (χ3n) is 3.77. The molecule has 0 aromatic heterocycles. The first kappa shape index (κ1) is 19.9. The van der Waals surface area contributed by atoms with E-state index in [0.717, 1.165) is 5.56 Å². The van der Waals surface area contributed by atoms with Gasteiger partial charge < -0.3 is 11.1 Å². The second kappa shape index (κ2) is 7.47. The molecule has 6 nitrogen and oxygen atoms in total. The van der Waals surface area contributed by atoms with Crippen LogP contribution in [0, 0.1) is 13.8 Å². The summed E-state index contributed by atoms with van der Waals surface area (Å²) >= 11 is 0. The van der Waals surface area contributed by atoms with Crippen LogP contribution in [0.25, 0.3) is 0 Å². The average Bonchev–Trinajstić information content (AvgIpc) is 2.54. The number of nitrogens with two attached hydrogens (primary N) is 1. The molecule has 4 N–H and O–H groups in total. The summed E-state index contributed by atoms with van der Waals surface area (Å²) in [6.07, 6.45) is 0. The lowest BCUT2D eigenvalue weighted by atomic mass is 10.1. The van der Waals surface area contributed by atoms with Gasteiger partial charge in [0.05, 0.1) is 4.90 Å². The minimum absolute atomic E-state index is 0.0285. The van der Waals surface area contributed by atoms with Crippen LogP contribution in [0.1, 0.15) is 35.3 Å². The van der Waals surface area contributed by atoms with E-state index in [1.165, 1.54) is 12.1 Å². The summed E-state index contributed by atoms with van der Waals surface area (Å²) in [6.45, 7) is 7.56. The van der Waals surface area contributed by atoms with Crippen molar-refractivity contribution in [2.24, 2.45) is 5.73 Å². The topological polar surface area (TPSA) is 101 Å². The zero-order chi connectivity index (χ0) is 19.5. The van der Waals surface area contributed by atoms with E-state index in [-0.39, 0.29) is 17.3 Å². The van der Waals surface area contributed by atoms with Crippen LogP contribution >= 0.6 is 0 Å². The van der Waals surface area contributed by atoms with Gasteiger partial charge in [-0.3, -0.25) is 9.52 Å². The van der Waals surface area contributed by atoms with Crippen LogP contribution < -0.4 is 15.8 Å². The van der Waals surface area contributed by atoms with Crippen LogP contribution in [0.2, 0.25) is 0 Å². The molecule has 0 unspecified atom stereocenters. The quantitative estimate of drug-likeness (QED) is 0.722. The Hall–Kier alpha value is -2.38.